The van der Waals surface area contributed by atoms with E-state index in [9.17, 15) is 4.79 Å². The SMILES string of the molecule is Cc1ccc(N2CCN(c3ccccc3C)CC2)c(NC(=O)c2ccco2)c1. The molecule has 2 aromatic carbocycles. The van der Waals surface area contributed by atoms with Crippen LogP contribution in [0.1, 0.15) is 21.7 Å². The van der Waals surface area contributed by atoms with Gasteiger partial charge in [-0.3, -0.25) is 4.79 Å². The number of piperazine rings is 1. The molecule has 5 nitrogen and oxygen atoms in total. The van der Waals surface area contributed by atoms with Crippen molar-refractivity contribution in [1.82, 2.24) is 0 Å². The summed E-state index contributed by atoms with van der Waals surface area (Å²) in [6.45, 7) is 7.89. The topological polar surface area (TPSA) is 48.7 Å². The van der Waals surface area contributed by atoms with Gasteiger partial charge in [-0.25, -0.2) is 0 Å². The lowest BCUT2D eigenvalue weighted by Crippen LogP contribution is -2.47. The van der Waals surface area contributed by atoms with E-state index >= 15 is 0 Å². The van der Waals surface area contributed by atoms with E-state index in [-0.39, 0.29) is 5.91 Å². The van der Waals surface area contributed by atoms with Gasteiger partial charge >= 0.3 is 0 Å². The number of hydrogen-bond acceptors (Lipinski definition) is 4. The van der Waals surface area contributed by atoms with E-state index < -0.39 is 0 Å². The zero-order chi connectivity index (χ0) is 19.5. The van der Waals surface area contributed by atoms with Crippen molar-refractivity contribution in [3.8, 4) is 0 Å². The van der Waals surface area contributed by atoms with Gasteiger partial charge in [0.25, 0.3) is 5.91 Å². The molecule has 144 valence electrons. The second-order valence-electron chi connectivity index (χ2n) is 7.21. The molecule has 1 amide bonds. The molecule has 4 rings (SSSR count). The Hall–Kier alpha value is -3.21. The molecule has 1 aromatic heterocycles. The summed E-state index contributed by atoms with van der Waals surface area (Å²) < 4.78 is 5.23. The third-order valence-corrected chi connectivity index (χ3v) is 5.22. The van der Waals surface area contributed by atoms with Crippen molar-refractivity contribution in [3.05, 3.63) is 77.7 Å². The predicted molar refractivity (Wildman–Crippen MR) is 113 cm³/mol. The number of anilines is 3. The van der Waals surface area contributed by atoms with E-state index in [1.54, 1.807) is 12.1 Å². The van der Waals surface area contributed by atoms with Crippen molar-refractivity contribution in [3.63, 3.8) is 0 Å². The van der Waals surface area contributed by atoms with Crippen LogP contribution in [0, 0.1) is 13.8 Å². The number of carbonyl (C=O) groups is 1. The van der Waals surface area contributed by atoms with Crippen molar-refractivity contribution in [1.29, 1.82) is 0 Å². The maximum atomic E-state index is 12.5. The van der Waals surface area contributed by atoms with Crippen LogP contribution in [0.5, 0.6) is 0 Å². The number of furan rings is 1. The van der Waals surface area contributed by atoms with Gasteiger partial charge in [-0.15, -0.1) is 0 Å². The van der Waals surface area contributed by atoms with Gasteiger partial charge in [0.15, 0.2) is 5.76 Å². The molecule has 0 aliphatic carbocycles. The Labute approximate surface area is 165 Å². The van der Waals surface area contributed by atoms with E-state index in [2.05, 4.69) is 58.4 Å². The average molecular weight is 375 g/mol. The monoisotopic (exact) mass is 375 g/mol. The van der Waals surface area contributed by atoms with Gasteiger partial charge < -0.3 is 19.5 Å². The van der Waals surface area contributed by atoms with Crippen molar-refractivity contribution in [2.45, 2.75) is 13.8 Å². The molecule has 0 saturated carbocycles. The molecule has 1 fully saturated rings. The molecule has 28 heavy (non-hydrogen) atoms. The highest BCUT2D eigenvalue weighted by Crippen LogP contribution is 2.30. The number of hydrogen-bond donors (Lipinski definition) is 1. The Kier molecular flexibility index (Phi) is 5.06. The highest BCUT2D eigenvalue weighted by molar-refractivity contribution is 6.04. The Balaban J connectivity index is 1.51. The summed E-state index contributed by atoms with van der Waals surface area (Å²) >= 11 is 0. The van der Waals surface area contributed by atoms with Crippen LogP contribution < -0.4 is 15.1 Å². The van der Waals surface area contributed by atoms with E-state index in [1.807, 2.05) is 13.0 Å². The van der Waals surface area contributed by atoms with Crippen LogP contribution >= 0.6 is 0 Å². The first kappa shape index (κ1) is 18.2. The first-order chi connectivity index (χ1) is 13.6. The zero-order valence-electron chi connectivity index (χ0n) is 16.3. The Morgan fingerprint density at radius 3 is 2.29 bits per heavy atom. The summed E-state index contributed by atoms with van der Waals surface area (Å²) in [5.41, 5.74) is 5.59. The van der Waals surface area contributed by atoms with Crippen LogP contribution in [0.15, 0.2) is 65.3 Å². The predicted octanol–water partition coefficient (Wildman–Crippen LogP) is 4.48. The van der Waals surface area contributed by atoms with Crippen LogP contribution in [0.2, 0.25) is 0 Å². The highest BCUT2D eigenvalue weighted by atomic mass is 16.3. The van der Waals surface area contributed by atoms with E-state index in [1.165, 1.54) is 17.5 Å². The lowest BCUT2D eigenvalue weighted by Gasteiger charge is -2.38. The number of aryl methyl sites for hydroxylation is 2. The summed E-state index contributed by atoms with van der Waals surface area (Å²) in [6.07, 6.45) is 1.51. The third kappa shape index (κ3) is 3.74. The molecular weight excluding hydrogens is 350 g/mol. The van der Waals surface area contributed by atoms with Gasteiger partial charge in [0.1, 0.15) is 0 Å². The zero-order valence-corrected chi connectivity index (χ0v) is 16.3. The number of rotatable bonds is 4. The van der Waals surface area contributed by atoms with Crippen molar-refractivity contribution >= 4 is 23.0 Å². The molecule has 1 N–H and O–H groups in total. The number of amides is 1. The molecular formula is C23H25N3O2. The Morgan fingerprint density at radius 2 is 1.61 bits per heavy atom. The molecule has 0 atom stereocenters. The fourth-order valence-corrected chi connectivity index (χ4v) is 3.72. The molecule has 1 aliphatic rings. The molecule has 3 aromatic rings. The molecule has 2 heterocycles. The van der Waals surface area contributed by atoms with E-state index in [0.717, 1.165) is 43.1 Å². The molecule has 0 bridgehead atoms. The normalized spacial score (nSPS) is 14.2. The quantitative estimate of drug-likeness (QED) is 0.731. The van der Waals surface area contributed by atoms with Crippen LogP contribution in [0.3, 0.4) is 0 Å². The van der Waals surface area contributed by atoms with Gasteiger partial charge in [-0.05, 0) is 55.3 Å². The second-order valence-corrected chi connectivity index (χ2v) is 7.21. The molecule has 1 aliphatic heterocycles. The largest absolute Gasteiger partial charge is 0.459 e. The number of benzene rings is 2. The number of para-hydroxylation sites is 1. The molecule has 1 saturated heterocycles. The number of carbonyl (C=O) groups excluding carboxylic acids is 1. The van der Waals surface area contributed by atoms with Gasteiger partial charge in [-0.1, -0.05) is 24.3 Å². The summed E-state index contributed by atoms with van der Waals surface area (Å²) in [4.78, 5) is 17.2. The van der Waals surface area contributed by atoms with Gasteiger partial charge in [0.05, 0.1) is 17.6 Å². The molecule has 0 spiro atoms. The minimum atomic E-state index is -0.226. The maximum Gasteiger partial charge on any atom is 0.291 e. The number of nitrogens with zero attached hydrogens (tertiary/aromatic N) is 2. The highest BCUT2D eigenvalue weighted by Gasteiger charge is 2.21. The summed E-state index contributed by atoms with van der Waals surface area (Å²) in [6, 6.07) is 18.1. The molecule has 0 radical (unpaired) electrons. The second kappa shape index (κ2) is 7.80. The Morgan fingerprint density at radius 1 is 0.893 bits per heavy atom. The Bertz CT molecular complexity index is 958. The standard InChI is InChI=1S/C23H25N3O2/c1-17-9-10-21(19(16-17)24-23(27)22-8-5-15-28-22)26-13-11-25(12-14-26)20-7-4-3-6-18(20)2/h3-10,15-16H,11-14H2,1-2H3,(H,24,27). The number of nitrogens with one attached hydrogen (secondary N) is 1. The van der Waals surface area contributed by atoms with Crippen LogP contribution in [-0.4, -0.2) is 32.1 Å². The van der Waals surface area contributed by atoms with Gasteiger partial charge in [0.2, 0.25) is 0 Å². The fourth-order valence-electron chi connectivity index (χ4n) is 3.72. The van der Waals surface area contributed by atoms with Gasteiger partial charge in [0, 0.05) is 31.9 Å². The average Bonchev–Trinajstić information content (AvgIpc) is 3.24. The molecule has 0 unspecified atom stereocenters. The maximum absolute atomic E-state index is 12.5. The van der Waals surface area contributed by atoms with E-state index in [0.29, 0.717) is 5.76 Å². The van der Waals surface area contributed by atoms with Crippen molar-refractivity contribution in [2.75, 3.05) is 41.3 Å². The first-order valence-electron chi connectivity index (χ1n) is 9.63. The summed E-state index contributed by atoms with van der Waals surface area (Å²) in [7, 11) is 0. The minimum absolute atomic E-state index is 0.226. The molecule has 5 heteroatoms. The minimum Gasteiger partial charge on any atom is -0.459 e. The summed E-state index contributed by atoms with van der Waals surface area (Å²) in [5.74, 6) is 0.0900. The fraction of sp³-hybridized carbons (Fsp3) is 0.261. The lowest BCUT2D eigenvalue weighted by molar-refractivity contribution is 0.0996. The van der Waals surface area contributed by atoms with Crippen LogP contribution in [0.25, 0.3) is 0 Å². The van der Waals surface area contributed by atoms with Gasteiger partial charge in [-0.2, -0.15) is 0 Å². The van der Waals surface area contributed by atoms with Crippen LogP contribution in [-0.2, 0) is 0 Å². The smallest absolute Gasteiger partial charge is 0.291 e. The van der Waals surface area contributed by atoms with E-state index in [4.69, 9.17) is 4.42 Å². The van der Waals surface area contributed by atoms with Crippen LogP contribution in [0.4, 0.5) is 17.1 Å². The summed E-state index contributed by atoms with van der Waals surface area (Å²) in [5, 5.41) is 3.02. The first-order valence-corrected chi connectivity index (χ1v) is 9.63. The van der Waals surface area contributed by atoms with Crippen molar-refractivity contribution < 1.29 is 9.21 Å². The van der Waals surface area contributed by atoms with Crippen molar-refractivity contribution in [2.24, 2.45) is 0 Å². The lowest BCUT2D eigenvalue weighted by atomic mass is 10.1. The third-order valence-electron chi connectivity index (χ3n) is 5.22.